The highest BCUT2D eigenvalue weighted by molar-refractivity contribution is 5.88. The van der Waals surface area contributed by atoms with Crippen LogP contribution in [0.5, 0.6) is 11.5 Å². The largest absolute Gasteiger partial charge is 0.493 e. The van der Waals surface area contributed by atoms with Crippen molar-refractivity contribution in [1.29, 1.82) is 0 Å². The first-order valence-corrected chi connectivity index (χ1v) is 8.44. The lowest BCUT2D eigenvalue weighted by molar-refractivity contribution is 0.172. The number of rotatable bonds is 4. The molecule has 2 heterocycles. The van der Waals surface area contributed by atoms with Gasteiger partial charge in [-0.1, -0.05) is 5.16 Å². The lowest BCUT2D eigenvalue weighted by atomic mass is 9.89. The van der Waals surface area contributed by atoms with Gasteiger partial charge in [-0.2, -0.15) is 0 Å². The van der Waals surface area contributed by atoms with Gasteiger partial charge < -0.3 is 18.9 Å². The van der Waals surface area contributed by atoms with Crippen molar-refractivity contribution in [3.8, 4) is 11.5 Å². The maximum absolute atomic E-state index is 12.8. The van der Waals surface area contributed by atoms with Gasteiger partial charge in [-0.05, 0) is 48.4 Å². The SMILES string of the molecule is COc1cc2c(cc1OC)C(C1CC1)N(C(=O)Nc1ccon1)CC2. The number of carbonyl (C=O) groups is 1. The smallest absolute Gasteiger partial charge is 0.323 e. The highest BCUT2D eigenvalue weighted by atomic mass is 16.5. The number of benzene rings is 1. The van der Waals surface area contributed by atoms with Crippen LogP contribution >= 0.6 is 0 Å². The van der Waals surface area contributed by atoms with Crippen molar-refractivity contribution < 1.29 is 18.8 Å². The summed E-state index contributed by atoms with van der Waals surface area (Å²) in [5.74, 6) is 2.35. The molecule has 1 aliphatic carbocycles. The molecule has 2 aliphatic rings. The molecule has 0 spiro atoms. The number of carbonyl (C=O) groups excluding carboxylic acids is 1. The normalized spacial score (nSPS) is 19.3. The maximum Gasteiger partial charge on any atom is 0.323 e. The Labute approximate surface area is 145 Å². The van der Waals surface area contributed by atoms with Crippen LogP contribution in [0.15, 0.2) is 29.0 Å². The molecule has 1 aromatic heterocycles. The Hall–Kier alpha value is -2.70. The van der Waals surface area contributed by atoms with Gasteiger partial charge in [-0.25, -0.2) is 4.79 Å². The number of anilines is 1. The number of methoxy groups -OCH3 is 2. The van der Waals surface area contributed by atoms with Crippen LogP contribution in [0.1, 0.15) is 30.0 Å². The molecule has 1 atom stereocenters. The molecule has 0 radical (unpaired) electrons. The number of ether oxygens (including phenoxy) is 2. The maximum atomic E-state index is 12.8. The number of amides is 2. The minimum absolute atomic E-state index is 0.0513. The number of fused-ring (bicyclic) bond motifs is 1. The topological polar surface area (TPSA) is 76.8 Å². The average Bonchev–Trinajstić information content (AvgIpc) is 3.35. The number of hydrogen-bond donors (Lipinski definition) is 1. The molecule has 25 heavy (non-hydrogen) atoms. The average molecular weight is 343 g/mol. The van der Waals surface area contributed by atoms with E-state index in [1.54, 1.807) is 20.3 Å². The number of aromatic nitrogens is 1. The van der Waals surface area contributed by atoms with Crippen molar-refractivity contribution in [3.63, 3.8) is 0 Å². The van der Waals surface area contributed by atoms with Crippen LogP contribution in [-0.4, -0.2) is 36.9 Å². The van der Waals surface area contributed by atoms with Gasteiger partial charge in [-0.15, -0.1) is 0 Å². The van der Waals surface area contributed by atoms with Crippen molar-refractivity contribution in [3.05, 3.63) is 35.6 Å². The molecule has 7 heteroatoms. The molecule has 2 amide bonds. The molecule has 7 nitrogen and oxygen atoms in total. The molecule has 4 rings (SSSR count). The lowest BCUT2D eigenvalue weighted by Crippen LogP contribution is -2.43. The molecule has 1 fully saturated rings. The number of urea groups is 1. The summed E-state index contributed by atoms with van der Waals surface area (Å²) >= 11 is 0. The minimum Gasteiger partial charge on any atom is -0.493 e. The van der Waals surface area contributed by atoms with Gasteiger partial charge in [0.05, 0.1) is 20.3 Å². The van der Waals surface area contributed by atoms with Crippen LogP contribution in [0, 0.1) is 5.92 Å². The van der Waals surface area contributed by atoms with E-state index in [0.717, 1.165) is 30.6 Å². The van der Waals surface area contributed by atoms with Gasteiger partial charge in [0.15, 0.2) is 17.3 Å². The molecule has 1 aromatic carbocycles. The summed E-state index contributed by atoms with van der Waals surface area (Å²) < 4.78 is 15.7. The van der Waals surface area contributed by atoms with Gasteiger partial charge in [0.1, 0.15) is 6.26 Å². The highest BCUT2D eigenvalue weighted by Crippen LogP contribution is 2.49. The minimum atomic E-state index is -0.147. The molecule has 1 saturated carbocycles. The fraction of sp³-hybridized carbons (Fsp3) is 0.444. The molecule has 1 N–H and O–H groups in total. The van der Waals surface area contributed by atoms with Crippen molar-refractivity contribution in [2.24, 2.45) is 5.92 Å². The van der Waals surface area contributed by atoms with Gasteiger partial charge in [0, 0.05) is 12.6 Å². The summed E-state index contributed by atoms with van der Waals surface area (Å²) in [6.07, 6.45) is 4.49. The van der Waals surface area contributed by atoms with Gasteiger partial charge in [-0.3, -0.25) is 5.32 Å². The van der Waals surface area contributed by atoms with Crippen molar-refractivity contribution in [2.45, 2.75) is 25.3 Å². The van der Waals surface area contributed by atoms with E-state index in [2.05, 4.69) is 10.5 Å². The molecule has 0 saturated heterocycles. The predicted octanol–water partition coefficient (Wildman–Crippen LogP) is 3.23. The second-order valence-electron chi connectivity index (χ2n) is 6.45. The monoisotopic (exact) mass is 343 g/mol. The molecule has 1 aliphatic heterocycles. The van der Waals surface area contributed by atoms with Gasteiger partial charge >= 0.3 is 6.03 Å². The summed E-state index contributed by atoms with van der Waals surface area (Å²) in [6.45, 7) is 0.660. The van der Waals surface area contributed by atoms with Crippen LogP contribution in [0.2, 0.25) is 0 Å². The quantitative estimate of drug-likeness (QED) is 0.922. The molecule has 0 bridgehead atoms. The number of hydrogen-bond acceptors (Lipinski definition) is 5. The zero-order valence-electron chi connectivity index (χ0n) is 14.3. The van der Waals surface area contributed by atoms with Crippen molar-refractivity contribution in [1.82, 2.24) is 10.1 Å². The second kappa shape index (κ2) is 6.31. The Bertz CT molecular complexity index is 771. The van der Waals surface area contributed by atoms with Crippen molar-refractivity contribution in [2.75, 3.05) is 26.1 Å². The van der Waals surface area contributed by atoms with E-state index in [1.165, 1.54) is 11.8 Å². The third kappa shape index (κ3) is 2.90. The number of nitrogens with zero attached hydrogens (tertiary/aromatic N) is 2. The first-order valence-electron chi connectivity index (χ1n) is 8.44. The van der Waals surface area contributed by atoms with Crippen LogP contribution in [0.4, 0.5) is 10.6 Å². The van der Waals surface area contributed by atoms with E-state index in [4.69, 9.17) is 14.0 Å². The standard InChI is InChI=1S/C18H21N3O4/c1-23-14-9-12-5-7-21(18(22)19-16-6-8-25-20-16)17(11-3-4-11)13(12)10-15(14)24-2/h6,8-11,17H,3-5,7H2,1-2H3,(H,19,20,22). The third-order valence-corrected chi connectivity index (χ3v) is 4.92. The zero-order valence-corrected chi connectivity index (χ0v) is 14.3. The van der Waals surface area contributed by atoms with E-state index in [-0.39, 0.29) is 12.1 Å². The molecular weight excluding hydrogens is 322 g/mol. The Kier molecular flexibility index (Phi) is 3.99. The Morgan fingerprint density at radius 3 is 2.68 bits per heavy atom. The van der Waals surface area contributed by atoms with Gasteiger partial charge in [0.25, 0.3) is 0 Å². The summed E-state index contributed by atoms with van der Waals surface area (Å²) in [5, 5.41) is 6.57. The predicted molar refractivity (Wildman–Crippen MR) is 90.9 cm³/mol. The van der Waals surface area contributed by atoms with E-state index < -0.39 is 0 Å². The fourth-order valence-electron chi connectivity index (χ4n) is 3.58. The van der Waals surface area contributed by atoms with E-state index in [9.17, 15) is 4.79 Å². The third-order valence-electron chi connectivity index (χ3n) is 4.92. The molecule has 132 valence electrons. The Balaban J connectivity index is 1.66. The van der Waals surface area contributed by atoms with E-state index >= 15 is 0 Å². The fourth-order valence-corrected chi connectivity index (χ4v) is 3.58. The number of nitrogens with one attached hydrogen (secondary N) is 1. The highest BCUT2D eigenvalue weighted by Gasteiger charge is 2.42. The van der Waals surface area contributed by atoms with Crippen LogP contribution < -0.4 is 14.8 Å². The molecule has 2 aromatic rings. The zero-order chi connectivity index (χ0) is 17.4. The summed E-state index contributed by atoms with van der Waals surface area (Å²) in [4.78, 5) is 14.7. The van der Waals surface area contributed by atoms with E-state index in [0.29, 0.717) is 24.0 Å². The molecular formula is C18H21N3O4. The lowest BCUT2D eigenvalue weighted by Gasteiger charge is -2.37. The summed E-state index contributed by atoms with van der Waals surface area (Å²) in [5.41, 5.74) is 2.38. The Morgan fingerprint density at radius 1 is 1.28 bits per heavy atom. The van der Waals surface area contributed by atoms with Crippen molar-refractivity contribution >= 4 is 11.8 Å². The first-order chi connectivity index (χ1) is 12.2. The first kappa shape index (κ1) is 15.8. The summed E-state index contributed by atoms with van der Waals surface area (Å²) in [6, 6.07) is 5.60. The van der Waals surface area contributed by atoms with E-state index in [1.807, 2.05) is 17.0 Å². The van der Waals surface area contributed by atoms with Gasteiger partial charge in [0.2, 0.25) is 0 Å². The van der Waals surface area contributed by atoms with Crippen LogP contribution in [0.25, 0.3) is 0 Å². The van der Waals surface area contributed by atoms with Crippen LogP contribution in [-0.2, 0) is 6.42 Å². The summed E-state index contributed by atoms with van der Waals surface area (Å²) in [7, 11) is 3.28. The molecule has 1 unspecified atom stereocenters. The Morgan fingerprint density at radius 2 is 2.04 bits per heavy atom. The second-order valence-corrected chi connectivity index (χ2v) is 6.45. The van der Waals surface area contributed by atoms with Crippen LogP contribution in [0.3, 0.4) is 0 Å².